The standard InChI is InChI=1S/C16H25FN2O/c1-11(2)18-5-7-19(8-6-18)16-9-12(3)15(17)10-14(16)13(4)20/h9-11,13,20H,5-8H2,1-4H3/t13-/m1/s1. The van der Waals surface area contributed by atoms with Crippen LogP contribution < -0.4 is 4.90 Å². The lowest BCUT2D eigenvalue weighted by molar-refractivity contribution is 0.195. The van der Waals surface area contributed by atoms with Crippen LogP contribution in [0.25, 0.3) is 0 Å². The summed E-state index contributed by atoms with van der Waals surface area (Å²) in [6.07, 6.45) is -0.650. The van der Waals surface area contributed by atoms with Gasteiger partial charge in [-0.3, -0.25) is 4.90 Å². The second kappa shape index (κ2) is 6.10. The van der Waals surface area contributed by atoms with Crippen molar-refractivity contribution in [1.29, 1.82) is 0 Å². The van der Waals surface area contributed by atoms with Gasteiger partial charge in [0.25, 0.3) is 0 Å². The molecule has 0 amide bonds. The summed E-state index contributed by atoms with van der Waals surface area (Å²) in [5, 5.41) is 9.89. The molecule has 1 heterocycles. The van der Waals surface area contributed by atoms with E-state index in [1.54, 1.807) is 13.8 Å². The largest absolute Gasteiger partial charge is 0.389 e. The molecular weight excluding hydrogens is 255 g/mol. The van der Waals surface area contributed by atoms with Crippen molar-refractivity contribution in [3.05, 3.63) is 29.1 Å². The number of aliphatic hydroxyl groups excluding tert-OH is 1. The number of aryl methyl sites for hydroxylation is 1. The van der Waals surface area contributed by atoms with Gasteiger partial charge in [0.2, 0.25) is 0 Å². The first-order valence-corrected chi connectivity index (χ1v) is 7.37. The molecule has 2 rings (SSSR count). The van der Waals surface area contributed by atoms with Crippen molar-refractivity contribution < 1.29 is 9.50 Å². The van der Waals surface area contributed by atoms with Crippen molar-refractivity contribution in [1.82, 2.24) is 4.90 Å². The molecule has 4 heteroatoms. The summed E-state index contributed by atoms with van der Waals surface area (Å²) in [5.74, 6) is -0.245. The minimum absolute atomic E-state index is 0.245. The molecule has 112 valence electrons. The highest BCUT2D eigenvalue weighted by Crippen LogP contribution is 2.30. The highest BCUT2D eigenvalue weighted by Gasteiger charge is 2.22. The third kappa shape index (κ3) is 3.13. The molecule has 1 saturated heterocycles. The molecule has 0 saturated carbocycles. The van der Waals surface area contributed by atoms with Crippen molar-refractivity contribution in [2.24, 2.45) is 0 Å². The van der Waals surface area contributed by atoms with E-state index in [2.05, 4.69) is 23.6 Å². The van der Waals surface area contributed by atoms with Crippen molar-refractivity contribution >= 4 is 5.69 Å². The van der Waals surface area contributed by atoms with Gasteiger partial charge in [-0.2, -0.15) is 0 Å². The van der Waals surface area contributed by atoms with Crippen LogP contribution in [0.1, 0.15) is 38.0 Å². The summed E-state index contributed by atoms with van der Waals surface area (Å²) < 4.78 is 13.7. The van der Waals surface area contributed by atoms with E-state index < -0.39 is 6.10 Å². The zero-order valence-corrected chi connectivity index (χ0v) is 12.9. The number of anilines is 1. The van der Waals surface area contributed by atoms with Crippen LogP contribution in [0.5, 0.6) is 0 Å². The van der Waals surface area contributed by atoms with E-state index >= 15 is 0 Å². The minimum atomic E-state index is -0.650. The van der Waals surface area contributed by atoms with Crippen LogP contribution in [-0.4, -0.2) is 42.2 Å². The Morgan fingerprint density at radius 2 is 1.70 bits per heavy atom. The Kier molecular flexibility index (Phi) is 4.66. The van der Waals surface area contributed by atoms with E-state index in [0.29, 0.717) is 17.2 Å². The number of nitrogens with zero attached hydrogens (tertiary/aromatic N) is 2. The first-order chi connectivity index (χ1) is 9.40. The Morgan fingerprint density at radius 3 is 2.20 bits per heavy atom. The smallest absolute Gasteiger partial charge is 0.126 e. The van der Waals surface area contributed by atoms with Crippen LogP contribution in [0.2, 0.25) is 0 Å². The van der Waals surface area contributed by atoms with E-state index in [0.717, 1.165) is 31.9 Å². The Balaban J connectivity index is 2.23. The van der Waals surface area contributed by atoms with Crippen molar-refractivity contribution in [3.8, 4) is 0 Å². The first-order valence-electron chi connectivity index (χ1n) is 7.37. The number of hydrogen-bond acceptors (Lipinski definition) is 3. The lowest BCUT2D eigenvalue weighted by Crippen LogP contribution is -2.49. The number of aliphatic hydroxyl groups is 1. The third-order valence-electron chi connectivity index (χ3n) is 4.14. The molecule has 0 spiro atoms. The molecule has 0 bridgehead atoms. The minimum Gasteiger partial charge on any atom is -0.389 e. The summed E-state index contributed by atoms with van der Waals surface area (Å²) in [6.45, 7) is 11.7. The summed E-state index contributed by atoms with van der Waals surface area (Å²) in [7, 11) is 0. The fraction of sp³-hybridized carbons (Fsp3) is 0.625. The lowest BCUT2D eigenvalue weighted by Gasteiger charge is -2.39. The molecule has 20 heavy (non-hydrogen) atoms. The van der Waals surface area contributed by atoms with Gasteiger partial charge < -0.3 is 10.0 Å². The van der Waals surface area contributed by atoms with Crippen LogP contribution in [-0.2, 0) is 0 Å². The van der Waals surface area contributed by atoms with Gasteiger partial charge in [0.1, 0.15) is 5.82 Å². The Morgan fingerprint density at radius 1 is 1.10 bits per heavy atom. The average Bonchev–Trinajstić information content (AvgIpc) is 2.41. The van der Waals surface area contributed by atoms with E-state index in [1.807, 2.05) is 6.07 Å². The third-order valence-corrected chi connectivity index (χ3v) is 4.14. The number of rotatable bonds is 3. The zero-order chi connectivity index (χ0) is 14.9. The Hall–Kier alpha value is -1.13. The highest BCUT2D eigenvalue weighted by atomic mass is 19.1. The van der Waals surface area contributed by atoms with Crippen LogP contribution in [0, 0.1) is 12.7 Å². The molecule has 3 nitrogen and oxygen atoms in total. The maximum atomic E-state index is 13.7. The van der Waals surface area contributed by atoms with Gasteiger partial charge in [-0.15, -0.1) is 0 Å². The molecule has 1 aliphatic rings. The van der Waals surface area contributed by atoms with E-state index in [9.17, 15) is 9.50 Å². The number of benzene rings is 1. The summed E-state index contributed by atoms with van der Waals surface area (Å²) in [5.41, 5.74) is 2.30. The molecule has 1 N–H and O–H groups in total. The van der Waals surface area contributed by atoms with E-state index in [1.165, 1.54) is 6.07 Å². The molecule has 0 radical (unpaired) electrons. The Bertz CT molecular complexity index is 466. The van der Waals surface area contributed by atoms with E-state index in [4.69, 9.17) is 0 Å². The highest BCUT2D eigenvalue weighted by molar-refractivity contribution is 5.57. The molecule has 1 aromatic carbocycles. The monoisotopic (exact) mass is 280 g/mol. The Labute approximate surface area is 121 Å². The van der Waals surface area contributed by atoms with Gasteiger partial charge in [0, 0.05) is 43.5 Å². The van der Waals surface area contributed by atoms with Crippen molar-refractivity contribution in [2.45, 2.75) is 39.8 Å². The predicted octanol–water partition coefficient (Wildman–Crippen LogP) is 2.72. The SMILES string of the molecule is Cc1cc(N2CCN(C(C)C)CC2)c([C@@H](C)O)cc1F. The summed E-state index contributed by atoms with van der Waals surface area (Å²) >= 11 is 0. The molecule has 0 unspecified atom stereocenters. The second-order valence-corrected chi connectivity index (χ2v) is 5.95. The number of halogens is 1. The molecule has 1 aliphatic heterocycles. The maximum Gasteiger partial charge on any atom is 0.126 e. The quantitative estimate of drug-likeness (QED) is 0.922. The van der Waals surface area contributed by atoms with E-state index in [-0.39, 0.29) is 5.82 Å². The van der Waals surface area contributed by atoms with Gasteiger partial charge in [0.15, 0.2) is 0 Å². The van der Waals surface area contributed by atoms with Crippen molar-refractivity contribution in [2.75, 3.05) is 31.1 Å². The molecule has 1 atom stereocenters. The first kappa shape index (κ1) is 15.3. The fourth-order valence-electron chi connectivity index (χ4n) is 2.77. The van der Waals surface area contributed by atoms with Gasteiger partial charge >= 0.3 is 0 Å². The molecule has 1 aromatic rings. The fourth-order valence-corrected chi connectivity index (χ4v) is 2.77. The lowest BCUT2D eigenvalue weighted by atomic mass is 10.0. The average molecular weight is 280 g/mol. The summed E-state index contributed by atoms with van der Waals surface area (Å²) in [6, 6.07) is 3.90. The topological polar surface area (TPSA) is 26.7 Å². The van der Waals surface area contributed by atoms with Gasteiger partial charge in [0.05, 0.1) is 6.10 Å². The molecule has 1 fully saturated rings. The molecule has 0 aliphatic carbocycles. The normalized spacial score (nSPS) is 18.6. The zero-order valence-electron chi connectivity index (χ0n) is 12.9. The molecule has 0 aromatic heterocycles. The van der Waals surface area contributed by atoms with Crippen molar-refractivity contribution in [3.63, 3.8) is 0 Å². The maximum absolute atomic E-state index is 13.7. The summed E-state index contributed by atoms with van der Waals surface area (Å²) in [4.78, 5) is 4.70. The second-order valence-electron chi connectivity index (χ2n) is 5.95. The van der Waals surface area contributed by atoms with Crippen LogP contribution >= 0.6 is 0 Å². The van der Waals surface area contributed by atoms with Gasteiger partial charge in [-0.25, -0.2) is 4.39 Å². The van der Waals surface area contributed by atoms with Crippen LogP contribution in [0.3, 0.4) is 0 Å². The molecular formula is C16H25FN2O. The number of piperazine rings is 1. The number of hydrogen-bond donors (Lipinski definition) is 1. The van der Waals surface area contributed by atoms with Crippen LogP contribution in [0.4, 0.5) is 10.1 Å². The van der Waals surface area contributed by atoms with Gasteiger partial charge in [-0.05, 0) is 45.4 Å². The van der Waals surface area contributed by atoms with Crippen LogP contribution in [0.15, 0.2) is 12.1 Å². The van der Waals surface area contributed by atoms with Gasteiger partial charge in [-0.1, -0.05) is 0 Å². The predicted molar refractivity (Wildman–Crippen MR) is 80.7 cm³/mol.